The Labute approximate surface area is 151 Å². The summed E-state index contributed by atoms with van der Waals surface area (Å²) in [6.07, 6.45) is 1.74. The molecule has 0 radical (unpaired) electrons. The predicted molar refractivity (Wildman–Crippen MR) is 97.0 cm³/mol. The second kappa shape index (κ2) is 6.10. The fraction of sp³-hybridized carbons (Fsp3) is 0.211. The molecule has 0 fully saturated rings. The molecule has 2 aromatic carbocycles. The fourth-order valence-corrected chi connectivity index (χ4v) is 3.74. The van der Waals surface area contributed by atoms with E-state index < -0.39 is 6.03 Å². The summed E-state index contributed by atoms with van der Waals surface area (Å²) in [4.78, 5) is 12.0. The van der Waals surface area contributed by atoms with Crippen molar-refractivity contribution in [1.29, 1.82) is 0 Å². The molecule has 2 aliphatic rings. The molecule has 128 valence electrons. The molecular weight excluding hydrogens is 338 g/mol. The number of nitrogens with one attached hydrogen (secondary N) is 1. The van der Waals surface area contributed by atoms with Crippen LogP contribution in [0.2, 0.25) is 5.02 Å². The van der Waals surface area contributed by atoms with Gasteiger partial charge in [-0.15, -0.1) is 0 Å². The summed E-state index contributed by atoms with van der Waals surface area (Å²) in [5, 5.41) is 2.14. The molecule has 4 rings (SSSR count). The van der Waals surface area contributed by atoms with Gasteiger partial charge in [-0.1, -0.05) is 23.7 Å². The zero-order chi connectivity index (χ0) is 17.6. The van der Waals surface area contributed by atoms with Crippen molar-refractivity contribution in [3.63, 3.8) is 0 Å². The van der Waals surface area contributed by atoms with E-state index in [1.165, 1.54) is 10.6 Å². The van der Waals surface area contributed by atoms with Crippen LogP contribution in [0.3, 0.4) is 0 Å². The van der Waals surface area contributed by atoms with Gasteiger partial charge in [0.2, 0.25) is 0 Å². The van der Waals surface area contributed by atoms with Crippen molar-refractivity contribution in [3.05, 3.63) is 69.8 Å². The van der Waals surface area contributed by atoms with E-state index in [-0.39, 0.29) is 6.04 Å². The van der Waals surface area contributed by atoms with Crippen molar-refractivity contribution in [2.45, 2.75) is 18.9 Å². The summed E-state index contributed by atoms with van der Waals surface area (Å²) in [6.45, 7) is 0. The van der Waals surface area contributed by atoms with Gasteiger partial charge in [0.05, 0.1) is 18.8 Å². The number of urea groups is 1. The average molecular weight is 356 g/mol. The van der Waals surface area contributed by atoms with Crippen LogP contribution in [0.1, 0.15) is 29.2 Å². The third-order valence-corrected chi connectivity index (χ3v) is 5.04. The van der Waals surface area contributed by atoms with E-state index >= 15 is 0 Å². The first kappa shape index (κ1) is 16.0. The lowest BCUT2D eigenvalue weighted by Gasteiger charge is -2.23. The largest absolute Gasteiger partial charge is 0.497 e. The van der Waals surface area contributed by atoms with E-state index in [0.29, 0.717) is 5.02 Å². The number of hydrogen-bond donors (Lipinski definition) is 2. The number of carbonyl (C=O) groups excluding carboxylic acids is 1. The molecule has 3 N–H and O–H groups in total. The topological polar surface area (TPSA) is 67.6 Å². The highest BCUT2D eigenvalue weighted by Crippen LogP contribution is 2.44. The molecule has 25 heavy (non-hydrogen) atoms. The molecular formula is C19H18ClN3O2. The van der Waals surface area contributed by atoms with Gasteiger partial charge in [0.25, 0.3) is 0 Å². The number of aryl methyl sites for hydroxylation is 1. The average Bonchev–Trinajstić information content (AvgIpc) is 3.02. The summed E-state index contributed by atoms with van der Waals surface area (Å²) in [7, 11) is 1.65. The van der Waals surface area contributed by atoms with Crippen LogP contribution in [0.15, 0.2) is 48.0 Å². The number of halogens is 1. The van der Waals surface area contributed by atoms with E-state index in [1.807, 2.05) is 42.5 Å². The quantitative estimate of drug-likeness (QED) is 0.864. The van der Waals surface area contributed by atoms with Crippen LogP contribution in [0, 0.1) is 0 Å². The number of methoxy groups -OCH3 is 1. The van der Waals surface area contributed by atoms with Crippen molar-refractivity contribution in [2.75, 3.05) is 7.11 Å². The minimum absolute atomic E-state index is 0.0879. The van der Waals surface area contributed by atoms with Crippen LogP contribution in [0.4, 0.5) is 4.79 Å². The van der Waals surface area contributed by atoms with Gasteiger partial charge in [0, 0.05) is 10.6 Å². The van der Waals surface area contributed by atoms with Gasteiger partial charge >= 0.3 is 6.03 Å². The molecule has 6 heteroatoms. The van der Waals surface area contributed by atoms with Crippen molar-refractivity contribution in [1.82, 2.24) is 10.4 Å². The molecule has 2 amide bonds. The first-order chi connectivity index (χ1) is 12.1. The summed E-state index contributed by atoms with van der Waals surface area (Å²) in [5.41, 5.74) is 14.1. The summed E-state index contributed by atoms with van der Waals surface area (Å²) < 4.78 is 5.32. The van der Waals surface area contributed by atoms with Crippen LogP contribution in [-0.4, -0.2) is 18.1 Å². The van der Waals surface area contributed by atoms with E-state index in [4.69, 9.17) is 22.1 Å². The van der Waals surface area contributed by atoms with E-state index in [1.54, 1.807) is 7.11 Å². The molecule has 2 aromatic rings. The van der Waals surface area contributed by atoms with Crippen molar-refractivity contribution in [2.24, 2.45) is 5.73 Å². The Balaban J connectivity index is 1.83. The summed E-state index contributed by atoms with van der Waals surface area (Å²) >= 11 is 6.00. The first-order valence-corrected chi connectivity index (χ1v) is 8.48. The number of ether oxygens (including phenoxy) is 1. The van der Waals surface area contributed by atoms with Crippen LogP contribution in [0.5, 0.6) is 5.75 Å². The second-order valence-corrected chi connectivity index (χ2v) is 6.62. The smallest absolute Gasteiger partial charge is 0.333 e. The Hall–Kier alpha value is -2.50. The number of nitrogens with two attached hydrogens (primary N) is 1. The highest BCUT2D eigenvalue weighted by Gasteiger charge is 2.38. The Morgan fingerprint density at radius 2 is 2.00 bits per heavy atom. The Kier molecular flexibility index (Phi) is 3.90. The van der Waals surface area contributed by atoms with Crippen molar-refractivity contribution < 1.29 is 9.53 Å². The zero-order valence-electron chi connectivity index (χ0n) is 13.8. The fourth-order valence-electron chi connectivity index (χ4n) is 3.62. The number of nitrogens with zero attached hydrogens (tertiary/aromatic N) is 1. The molecule has 1 heterocycles. The molecule has 0 spiro atoms. The van der Waals surface area contributed by atoms with Gasteiger partial charge in [-0.05, 0) is 59.9 Å². The van der Waals surface area contributed by atoms with Crippen molar-refractivity contribution in [3.8, 4) is 5.75 Å². The van der Waals surface area contributed by atoms with Crippen molar-refractivity contribution >= 4 is 23.3 Å². The first-order valence-electron chi connectivity index (χ1n) is 8.10. The summed E-state index contributed by atoms with van der Waals surface area (Å²) in [5.74, 6) is 0.814. The molecule has 1 atom stereocenters. The minimum Gasteiger partial charge on any atom is -0.497 e. The number of hydrazine groups is 1. The number of carbonyl (C=O) groups is 1. The number of benzene rings is 2. The maximum Gasteiger partial charge on any atom is 0.333 e. The summed E-state index contributed by atoms with van der Waals surface area (Å²) in [6, 6.07) is 13.0. The van der Waals surface area contributed by atoms with Gasteiger partial charge in [-0.3, -0.25) is 0 Å². The third kappa shape index (κ3) is 2.65. The Morgan fingerprint density at radius 1 is 1.24 bits per heavy atom. The van der Waals surface area contributed by atoms with Crippen LogP contribution in [0.25, 0.3) is 5.70 Å². The predicted octanol–water partition coefficient (Wildman–Crippen LogP) is 3.65. The molecule has 1 aliphatic heterocycles. The SMILES string of the molecule is COc1ccc2c(c1)CCC1=C2N(C(N)=O)NC1c1ccc(Cl)cc1. The van der Waals surface area contributed by atoms with E-state index in [2.05, 4.69) is 5.43 Å². The number of hydrogen-bond acceptors (Lipinski definition) is 3. The van der Waals surface area contributed by atoms with E-state index in [9.17, 15) is 4.79 Å². The van der Waals surface area contributed by atoms with Gasteiger partial charge < -0.3 is 10.5 Å². The maximum absolute atomic E-state index is 12.0. The molecule has 5 nitrogen and oxygen atoms in total. The van der Waals surface area contributed by atoms with Crippen LogP contribution >= 0.6 is 11.6 Å². The second-order valence-electron chi connectivity index (χ2n) is 6.18. The van der Waals surface area contributed by atoms with Gasteiger partial charge in [-0.2, -0.15) is 0 Å². The van der Waals surface area contributed by atoms with Crippen LogP contribution in [-0.2, 0) is 6.42 Å². The lowest BCUT2D eigenvalue weighted by molar-refractivity contribution is 0.212. The Morgan fingerprint density at radius 3 is 2.68 bits per heavy atom. The molecule has 0 saturated heterocycles. The lowest BCUT2D eigenvalue weighted by atomic mass is 9.85. The maximum atomic E-state index is 12.0. The molecule has 0 aromatic heterocycles. The standard InChI is InChI=1S/C19H18ClN3O2/c1-25-14-7-9-15-12(10-14)4-8-16-17(11-2-5-13(20)6-3-11)22-23(18(15)16)19(21)24/h2-3,5-7,9-10,17,22H,4,8H2,1H3,(H2,21,24). The normalized spacial score (nSPS) is 18.8. The number of fused-ring (bicyclic) bond motifs is 2. The van der Waals surface area contributed by atoms with Crippen LogP contribution < -0.4 is 15.9 Å². The van der Waals surface area contributed by atoms with E-state index in [0.717, 1.165) is 41.0 Å². The third-order valence-electron chi connectivity index (χ3n) is 4.79. The zero-order valence-corrected chi connectivity index (χ0v) is 14.5. The highest BCUT2D eigenvalue weighted by atomic mass is 35.5. The van der Waals surface area contributed by atoms with Gasteiger partial charge in [0.1, 0.15) is 5.75 Å². The monoisotopic (exact) mass is 355 g/mol. The number of rotatable bonds is 2. The van der Waals surface area contributed by atoms with Gasteiger partial charge in [-0.25, -0.2) is 15.2 Å². The number of amides is 2. The molecule has 1 unspecified atom stereocenters. The Bertz CT molecular complexity index is 877. The van der Waals surface area contributed by atoms with Gasteiger partial charge in [0.15, 0.2) is 0 Å². The molecule has 0 bridgehead atoms. The number of primary amides is 1. The lowest BCUT2D eigenvalue weighted by Crippen LogP contribution is -2.41. The minimum atomic E-state index is -0.521. The molecule has 1 aliphatic carbocycles. The molecule has 0 saturated carbocycles. The highest BCUT2D eigenvalue weighted by molar-refractivity contribution is 6.30.